The normalized spacial score (nSPS) is 18.5. The Hall–Kier alpha value is -4.42. The summed E-state index contributed by atoms with van der Waals surface area (Å²) in [4.78, 5) is 68.5. The fourth-order valence-electron chi connectivity index (χ4n) is 6.18. The van der Waals surface area contributed by atoms with Crippen LogP contribution in [0.5, 0.6) is 0 Å². The minimum Gasteiger partial charge on any atom is -0.462 e. The van der Waals surface area contributed by atoms with Crippen LogP contribution in [0.1, 0.15) is 33.6 Å². The van der Waals surface area contributed by atoms with Crippen LogP contribution < -0.4 is 15.1 Å². The molecule has 242 valence electrons. The molecular weight excluding hydrogens is 693 g/mol. The quantitative estimate of drug-likeness (QED) is 0.143. The van der Waals surface area contributed by atoms with Crippen molar-refractivity contribution in [3.05, 3.63) is 121 Å². The van der Waals surface area contributed by atoms with E-state index < -0.39 is 45.6 Å². The van der Waals surface area contributed by atoms with Gasteiger partial charge in [0.2, 0.25) is 17.7 Å². The van der Waals surface area contributed by atoms with Gasteiger partial charge in [0.1, 0.15) is 11.8 Å². The summed E-state index contributed by atoms with van der Waals surface area (Å²) in [6.07, 6.45) is 0. The van der Waals surface area contributed by atoms with Crippen molar-refractivity contribution in [2.24, 2.45) is 5.92 Å². The number of esters is 1. The molecule has 3 atom stereocenters. The van der Waals surface area contributed by atoms with Crippen LogP contribution >= 0.6 is 46.3 Å². The zero-order chi connectivity index (χ0) is 33.7. The van der Waals surface area contributed by atoms with E-state index in [2.05, 4.69) is 5.32 Å². The summed E-state index contributed by atoms with van der Waals surface area (Å²) >= 11 is 15.1. The molecule has 48 heavy (non-hydrogen) atoms. The van der Waals surface area contributed by atoms with Crippen molar-refractivity contribution >= 4 is 92.1 Å². The Morgan fingerprint density at radius 1 is 0.896 bits per heavy atom. The summed E-state index contributed by atoms with van der Waals surface area (Å²) < 4.78 is 6.40. The second-order valence-corrected chi connectivity index (χ2v) is 14.1. The first kappa shape index (κ1) is 32.1. The predicted molar refractivity (Wildman–Crippen MR) is 187 cm³/mol. The number of hydrogen-bond acceptors (Lipinski definition) is 8. The summed E-state index contributed by atoms with van der Waals surface area (Å²) in [5.74, 6) is -3.62. The highest BCUT2D eigenvalue weighted by molar-refractivity contribution is 8.00. The van der Waals surface area contributed by atoms with Crippen molar-refractivity contribution in [3.8, 4) is 0 Å². The Kier molecular flexibility index (Phi) is 8.63. The fraction of sp³-hybridized carbons (Fsp3) is 0.171. The molecule has 3 unspecified atom stereocenters. The van der Waals surface area contributed by atoms with Gasteiger partial charge in [-0.1, -0.05) is 88.8 Å². The van der Waals surface area contributed by atoms with Gasteiger partial charge in [-0.15, -0.1) is 0 Å². The Morgan fingerprint density at radius 2 is 1.65 bits per heavy atom. The van der Waals surface area contributed by atoms with Crippen LogP contribution in [0.25, 0.3) is 10.8 Å². The molecule has 1 N–H and O–H groups in total. The zero-order valence-electron chi connectivity index (χ0n) is 25.1. The van der Waals surface area contributed by atoms with Gasteiger partial charge in [-0.3, -0.25) is 23.7 Å². The van der Waals surface area contributed by atoms with Crippen LogP contribution in [0.15, 0.2) is 94.7 Å². The number of anilines is 2. The highest BCUT2D eigenvalue weighted by Crippen LogP contribution is 2.55. The molecule has 1 saturated heterocycles. The first-order valence-electron chi connectivity index (χ1n) is 14.9. The van der Waals surface area contributed by atoms with E-state index in [4.69, 9.17) is 27.9 Å². The van der Waals surface area contributed by atoms with Crippen molar-refractivity contribution < 1.29 is 23.9 Å². The van der Waals surface area contributed by atoms with E-state index in [0.717, 1.165) is 38.8 Å². The van der Waals surface area contributed by atoms with Crippen molar-refractivity contribution in [1.82, 2.24) is 4.57 Å². The third kappa shape index (κ3) is 5.60. The molecule has 4 aromatic carbocycles. The number of carbonyl (C=O) groups excluding carboxylic acids is 4. The molecule has 5 aromatic rings. The van der Waals surface area contributed by atoms with Crippen LogP contribution in [-0.4, -0.2) is 40.1 Å². The minimum absolute atomic E-state index is 0.206. The second kappa shape index (κ2) is 12.9. The summed E-state index contributed by atoms with van der Waals surface area (Å²) in [5, 5.41) is 4.80. The van der Waals surface area contributed by atoms with Gasteiger partial charge < -0.3 is 10.1 Å². The number of thioether (sulfide) groups is 1. The molecular formula is C35H25Cl2N3O6S2. The number of amides is 3. The van der Waals surface area contributed by atoms with E-state index in [1.54, 1.807) is 31.2 Å². The van der Waals surface area contributed by atoms with Gasteiger partial charge in [0.15, 0.2) is 0 Å². The number of fused-ring (bicyclic) bond motifs is 3. The lowest BCUT2D eigenvalue weighted by atomic mass is 9.83. The largest absolute Gasteiger partial charge is 0.462 e. The lowest BCUT2D eigenvalue weighted by Crippen LogP contribution is -2.33. The number of halogens is 2. The lowest BCUT2D eigenvalue weighted by Gasteiger charge is -2.31. The highest BCUT2D eigenvalue weighted by Gasteiger charge is 2.57. The van der Waals surface area contributed by atoms with Crippen LogP contribution in [0, 0.1) is 5.92 Å². The van der Waals surface area contributed by atoms with E-state index in [9.17, 15) is 24.0 Å². The molecule has 13 heteroatoms. The smallest absolute Gasteiger partial charge is 0.338 e. The van der Waals surface area contributed by atoms with Crippen LogP contribution in [0.2, 0.25) is 10.0 Å². The average molecular weight is 719 g/mol. The first-order valence-corrected chi connectivity index (χ1v) is 17.4. The molecule has 2 aliphatic rings. The van der Waals surface area contributed by atoms with Crippen molar-refractivity contribution in [2.75, 3.05) is 16.8 Å². The van der Waals surface area contributed by atoms with Gasteiger partial charge in [-0.05, 0) is 65.7 Å². The number of hydrogen-bond donors (Lipinski definition) is 1. The maximum Gasteiger partial charge on any atom is 0.338 e. The third-order valence-corrected chi connectivity index (χ3v) is 11.8. The molecule has 9 nitrogen and oxygen atoms in total. The van der Waals surface area contributed by atoms with Crippen LogP contribution in [0.4, 0.5) is 11.4 Å². The van der Waals surface area contributed by atoms with Gasteiger partial charge >= 0.3 is 10.8 Å². The number of nitrogens with zero attached hydrogens (tertiary/aromatic N) is 2. The summed E-state index contributed by atoms with van der Waals surface area (Å²) in [6, 6.07) is 24.4. The molecule has 3 heterocycles. The first-order chi connectivity index (χ1) is 23.2. The Morgan fingerprint density at radius 3 is 2.40 bits per heavy atom. The summed E-state index contributed by atoms with van der Waals surface area (Å²) in [7, 11) is 0. The second-order valence-electron chi connectivity index (χ2n) is 11.2. The summed E-state index contributed by atoms with van der Waals surface area (Å²) in [5.41, 5.74) is 1.64. The minimum atomic E-state index is -0.932. The number of nitrogens with one attached hydrogen (secondary N) is 1. The van der Waals surface area contributed by atoms with E-state index in [1.807, 2.05) is 36.4 Å². The Balaban J connectivity index is 1.25. The van der Waals surface area contributed by atoms with Gasteiger partial charge in [0.25, 0.3) is 0 Å². The van der Waals surface area contributed by atoms with Crippen molar-refractivity contribution in [3.63, 3.8) is 0 Å². The maximum atomic E-state index is 14.2. The van der Waals surface area contributed by atoms with Gasteiger partial charge in [-0.25, -0.2) is 9.69 Å². The van der Waals surface area contributed by atoms with E-state index >= 15 is 0 Å². The number of thiazole rings is 1. The highest BCUT2D eigenvalue weighted by atomic mass is 35.5. The zero-order valence-corrected chi connectivity index (χ0v) is 28.3. The van der Waals surface area contributed by atoms with Crippen molar-refractivity contribution in [2.45, 2.75) is 29.7 Å². The standard InChI is InChI=1S/C35H25Cl2N3O6S2/c1-2-46-34(44)19-11-14-22(15-12-19)40-31(42)27-26(23-8-5-9-24(36)28(23)37)30-33(47-29(27)32(40)43)39(35(45)48-30)17-25(41)38-21-13-10-18-6-3-4-7-20(18)16-21/h3-16,26-27,29H,2,17H2,1H3,(H,38,41). The molecule has 0 aliphatic carbocycles. The molecule has 0 bridgehead atoms. The van der Waals surface area contributed by atoms with E-state index in [0.29, 0.717) is 26.8 Å². The lowest BCUT2D eigenvalue weighted by molar-refractivity contribution is -0.122. The van der Waals surface area contributed by atoms with Crippen LogP contribution in [0.3, 0.4) is 0 Å². The van der Waals surface area contributed by atoms with Crippen LogP contribution in [-0.2, 0) is 25.7 Å². The molecule has 1 fully saturated rings. The van der Waals surface area contributed by atoms with Crippen molar-refractivity contribution in [1.29, 1.82) is 0 Å². The van der Waals surface area contributed by atoms with E-state index in [1.165, 1.54) is 28.8 Å². The van der Waals surface area contributed by atoms with E-state index in [-0.39, 0.29) is 28.8 Å². The SMILES string of the molecule is CCOC(=O)c1ccc(N2C(=O)C3Sc4c(sc(=O)n4CC(=O)Nc4ccc5ccccc5c4)C(c4cccc(Cl)c4Cl)C3C2=O)cc1. The molecule has 7 rings (SSSR count). The fourth-order valence-corrected chi connectivity index (χ4v) is 9.37. The maximum absolute atomic E-state index is 14.2. The number of benzene rings is 4. The predicted octanol–water partition coefficient (Wildman–Crippen LogP) is 6.98. The topological polar surface area (TPSA) is 115 Å². The molecule has 0 spiro atoms. The van der Waals surface area contributed by atoms with Gasteiger partial charge in [0, 0.05) is 16.5 Å². The number of rotatable bonds is 7. The number of aromatic nitrogens is 1. The molecule has 1 aromatic heterocycles. The molecule has 3 amide bonds. The Labute approximate surface area is 292 Å². The molecule has 0 saturated carbocycles. The van der Waals surface area contributed by atoms with Gasteiger partial charge in [-0.2, -0.15) is 0 Å². The number of ether oxygens (including phenoxy) is 1. The summed E-state index contributed by atoms with van der Waals surface area (Å²) in [6.45, 7) is 1.60. The Bertz CT molecular complexity index is 2200. The molecule has 2 aliphatic heterocycles. The number of imide groups is 1. The monoisotopic (exact) mass is 717 g/mol. The molecule has 0 radical (unpaired) electrons. The third-order valence-electron chi connectivity index (χ3n) is 8.34. The number of carbonyl (C=O) groups is 4. The average Bonchev–Trinajstić information content (AvgIpc) is 3.52. The van der Waals surface area contributed by atoms with Gasteiger partial charge in [0.05, 0.1) is 38.8 Å².